The monoisotopic (exact) mass is 217 g/mol. The van der Waals surface area contributed by atoms with Gasteiger partial charge in [-0.05, 0) is 41.8 Å². The molecule has 0 aliphatic heterocycles. The van der Waals surface area contributed by atoms with Crippen LogP contribution in [0.1, 0.15) is 5.56 Å². The van der Waals surface area contributed by atoms with Crippen molar-refractivity contribution in [3.63, 3.8) is 0 Å². The van der Waals surface area contributed by atoms with Crippen molar-refractivity contribution in [3.05, 3.63) is 47.8 Å². The van der Waals surface area contributed by atoms with Crippen molar-refractivity contribution in [3.8, 4) is 16.9 Å². The van der Waals surface area contributed by atoms with Gasteiger partial charge in [0.15, 0.2) is 0 Å². The minimum absolute atomic E-state index is 0.0125. The van der Waals surface area contributed by atoms with Gasteiger partial charge in [-0.2, -0.15) is 0 Å². The predicted octanol–water partition coefficient (Wildman–Crippen LogP) is 3.09. The largest absolute Gasteiger partial charge is 0.506 e. The number of hydrogen-bond donors (Lipinski definition) is 2. The highest BCUT2D eigenvalue weighted by molar-refractivity contribution is 5.69. The summed E-state index contributed by atoms with van der Waals surface area (Å²) < 4.78 is 13.4. The number of rotatable bonds is 1. The number of phenols is 1. The Bertz CT molecular complexity index is 488. The first-order valence-electron chi connectivity index (χ1n) is 4.93. The number of aryl methyl sites for hydroxylation is 1. The standard InChI is InChI=1S/C13H12FNO/c1-8-2-3-9(6-11(8)14)10-4-5-12(15)13(16)7-10/h2-7,16H,15H2,1H3. The van der Waals surface area contributed by atoms with Gasteiger partial charge in [-0.25, -0.2) is 4.39 Å². The van der Waals surface area contributed by atoms with E-state index in [4.69, 9.17) is 5.73 Å². The van der Waals surface area contributed by atoms with Crippen molar-refractivity contribution >= 4 is 5.69 Å². The van der Waals surface area contributed by atoms with Crippen LogP contribution in [0.4, 0.5) is 10.1 Å². The van der Waals surface area contributed by atoms with Crippen LogP contribution >= 0.6 is 0 Å². The molecule has 0 radical (unpaired) electrons. The molecule has 0 saturated heterocycles. The van der Waals surface area contributed by atoms with Crippen molar-refractivity contribution in [1.29, 1.82) is 0 Å². The van der Waals surface area contributed by atoms with Crippen LogP contribution in [0.15, 0.2) is 36.4 Å². The first-order chi connectivity index (χ1) is 7.58. The maximum Gasteiger partial charge on any atom is 0.139 e. The third-order valence-electron chi connectivity index (χ3n) is 2.54. The van der Waals surface area contributed by atoms with Crippen LogP contribution in [0.3, 0.4) is 0 Å². The third-order valence-corrected chi connectivity index (χ3v) is 2.54. The number of halogens is 1. The van der Waals surface area contributed by atoms with Gasteiger partial charge >= 0.3 is 0 Å². The molecule has 0 aliphatic carbocycles. The summed E-state index contributed by atoms with van der Waals surface area (Å²) in [5.41, 5.74) is 7.88. The average Bonchev–Trinajstić information content (AvgIpc) is 2.26. The second-order valence-corrected chi connectivity index (χ2v) is 3.74. The lowest BCUT2D eigenvalue weighted by molar-refractivity contribution is 0.478. The molecule has 0 spiro atoms. The zero-order valence-electron chi connectivity index (χ0n) is 8.87. The van der Waals surface area contributed by atoms with E-state index in [2.05, 4.69) is 0 Å². The van der Waals surface area contributed by atoms with Gasteiger partial charge in [-0.15, -0.1) is 0 Å². The Balaban J connectivity index is 2.50. The predicted molar refractivity (Wildman–Crippen MR) is 62.7 cm³/mol. The fourth-order valence-corrected chi connectivity index (χ4v) is 1.50. The molecule has 0 unspecified atom stereocenters. The zero-order valence-corrected chi connectivity index (χ0v) is 8.87. The molecule has 0 heterocycles. The SMILES string of the molecule is Cc1ccc(-c2ccc(N)c(O)c2)cc1F. The molecule has 0 saturated carbocycles. The van der Waals surface area contributed by atoms with Gasteiger partial charge in [-0.3, -0.25) is 0 Å². The molecule has 0 bridgehead atoms. The lowest BCUT2D eigenvalue weighted by Crippen LogP contribution is -1.87. The summed E-state index contributed by atoms with van der Waals surface area (Å²) in [6.07, 6.45) is 0. The highest BCUT2D eigenvalue weighted by Gasteiger charge is 2.04. The van der Waals surface area contributed by atoms with Crippen molar-refractivity contribution in [1.82, 2.24) is 0 Å². The molecule has 2 nitrogen and oxygen atoms in total. The number of nitrogen functional groups attached to an aromatic ring is 1. The molecule has 2 aromatic rings. The van der Waals surface area contributed by atoms with Crippen LogP contribution in [0, 0.1) is 12.7 Å². The summed E-state index contributed by atoms with van der Waals surface area (Å²) in [5.74, 6) is -0.243. The molecule has 82 valence electrons. The molecule has 0 fully saturated rings. The van der Waals surface area contributed by atoms with Crippen molar-refractivity contribution in [2.75, 3.05) is 5.73 Å². The average molecular weight is 217 g/mol. The first-order valence-corrected chi connectivity index (χ1v) is 4.93. The fourth-order valence-electron chi connectivity index (χ4n) is 1.50. The Hall–Kier alpha value is -2.03. The maximum absolute atomic E-state index is 13.4. The molecule has 2 rings (SSSR count). The molecule has 0 atom stereocenters. The second kappa shape index (κ2) is 3.85. The molecule has 3 heteroatoms. The molecule has 16 heavy (non-hydrogen) atoms. The quantitative estimate of drug-likeness (QED) is 0.569. The van der Waals surface area contributed by atoms with Crippen LogP contribution in [0.5, 0.6) is 5.75 Å². The Labute approximate surface area is 93.2 Å². The van der Waals surface area contributed by atoms with Crippen LogP contribution in [-0.2, 0) is 0 Å². The van der Waals surface area contributed by atoms with Crippen LogP contribution in [0.2, 0.25) is 0 Å². The van der Waals surface area contributed by atoms with E-state index >= 15 is 0 Å². The fraction of sp³-hybridized carbons (Fsp3) is 0.0769. The number of hydrogen-bond acceptors (Lipinski definition) is 2. The summed E-state index contributed by atoms with van der Waals surface area (Å²) in [6.45, 7) is 1.71. The number of anilines is 1. The van der Waals surface area contributed by atoms with Gasteiger partial charge in [0.2, 0.25) is 0 Å². The first kappa shape index (κ1) is 10.5. The highest BCUT2D eigenvalue weighted by Crippen LogP contribution is 2.28. The molecular formula is C13H12FNO. The van der Waals surface area contributed by atoms with Gasteiger partial charge < -0.3 is 10.8 Å². The van der Waals surface area contributed by atoms with E-state index in [9.17, 15) is 9.50 Å². The van der Waals surface area contributed by atoms with E-state index in [-0.39, 0.29) is 11.6 Å². The summed E-state index contributed by atoms with van der Waals surface area (Å²) in [7, 11) is 0. The normalized spacial score (nSPS) is 10.4. The summed E-state index contributed by atoms with van der Waals surface area (Å²) in [4.78, 5) is 0. The molecule has 3 N–H and O–H groups in total. The Morgan fingerprint density at radius 3 is 2.31 bits per heavy atom. The molecular weight excluding hydrogens is 205 g/mol. The third kappa shape index (κ3) is 1.84. The molecule has 0 aromatic heterocycles. The van der Waals surface area contributed by atoms with Crippen molar-refractivity contribution in [2.45, 2.75) is 6.92 Å². The second-order valence-electron chi connectivity index (χ2n) is 3.74. The lowest BCUT2D eigenvalue weighted by Gasteiger charge is -2.05. The van der Waals surface area contributed by atoms with Gasteiger partial charge in [0.05, 0.1) is 5.69 Å². The minimum Gasteiger partial charge on any atom is -0.506 e. The van der Waals surface area contributed by atoms with Crippen LogP contribution in [-0.4, -0.2) is 5.11 Å². The Kier molecular flexibility index (Phi) is 2.52. The summed E-state index contributed by atoms with van der Waals surface area (Å²) >= 11 is 0. The van der Waals surface area contributed by atoms with Gasteiger partial charge in [0.25, 0.3) is 0 Å². The Morgan fingerprint density at radius 1 is 1.06 bits per heavy atom. The summed E-state index contributed by atoms with van der Waals surface area (Å²) in [6, 6.07) is 9.84. The topological polar surface area (TPSA) is 46.2 Å². The molecule has 0 aliphatic rings. The maximum atomic E-state index is 13.4. The van der Waals surface area contributed by atoms with E-state index < -0.39 is 0 Å². The van der Waals surface area contributed by atoms with Crippen LogP contribution < -0.4 is 5.73 Å². The Morgan fingerprint density at radius 2 is 1.69 bits per heavy atom. The van der Waals surface area contributed by atoms with E-state index in [1.165, 1.54) is 12.1 Å². The van der Waals surface area contributed by atoms with Crippen molar-refractivity contribution in [2.24, 2.45) is 0 Å². The number of aromatic hydroxyl groups is 1. The highest BCUT2D eigenvalue weighted by atomic mass is 19.1. The smallest absolute Gasteiger partial charge is 0.139 e. The van der Waals surface area contributed by atoms with E-state index in [0.29, 0.717) is 11.3 Å². The number of phenolic OH excluding ortho intramolecular Hbond substituents is 1. The van der Waals surface area contributed by atoms with Gasteiger partial charge in [-0.1, -0.05) is 18.2 Å². The zero-order chi connectivity index (χ0) is 11.7. The molecule has 0 amide bonds. The van der Waals surface area contributed by atoms with Crippen molar-refractivity contribution < 1.29 is 9.50 Å². The van der Waals surface area contributed by atoms with Gasteiger partial charge in [0.1, 0.15) is 11.6 Å². The van der Waals surface area contributed by atoms with E-state index in [1.807, 2.05) is 6.07 Å². The number of benzene rings is 2. The number of nitrogens with two attached hydrogens (primary N) is 1. The van der Waals surface area contributed by atoms with Crippen LogP contribution in [0.25, 0.3) is 11.1 Å². The summed E-state index contributed by atoms with van der Waals surface area (Å²) in [5, 5.41) is 9.47. The van der Waals surface area contributed by atoms with E-state index in [1.54, 1.807) is 25.1 Å². The minimum atomic E-state index is -0.256. The van der Waals surface area contributed by atoms with Gasteiger partial charge in [0, 0.05) is 0 Å². The molecule has 2 aromatic carbocycles. The lowest BCUT2D eigenvalue weighted by atomic mass is 10.0. The van der Waals surface area contributed by atoms with E-state index in [0.717, 1.165) is 11.1 Å².